The molecule has 0 aliphatic heterocycles. The Hall–Kier alpha value is -0.970. The molecule has 2 rings (SSSR count). The standard InChI is InChI=1S/C11H13F3O2/c1-9(2)5-10(9,6-15)7-3-4-8(16-7)11(12,13)14/h3-4,15H,5-6H2,1-2H3. The third kappa shape index (κ3) is 1.45. The summed E-state index contributed by atoms with van der Waals surface area (Å²) in [5.41, 5.74) is -0.848. The van der Waals surface area contributed by atoms with E-state index in [1.807, 2.05) is 13.8 Å². The molecule has 1 N–H and O–H groups in total. The van der Waals surface area contributed by atoms with Crippen molar-refractivity contribution in [2.45, 2.75) is 31.9 Å². The summed E-state index contributed by atoms with van der Waals surface area (Å²) in [5.74, 6) is -0.773. The molecule has 2 nitrogen and oxygen atoms in total. The number of rotatable bonds is 2. The van der Waals surface area contributed by atoms with Gasteiger partial charge in [0.15, 0.2) is 0 Å². The number of furan rings is 1. The lowest BCUT2D eigenvalue weighted by atomic mass is 9.94. The maximum absolute atomic E-state index is 12.4. The molecular weight excluding hydrogens is 221 g/mol. The highest BCUT2D eigenvalue weighted by Gasteiger charge is 2.64. The molecule has 0 radical (unpaired) electrons. The summed E-state index contributed by atoms with van der Waals surface area (Å²) >= 11 is 0. The van der Waals surface area contributed by atoms with Crippen LogP contribution in [0.4, 0.5) is 13.2 Å². The second-order valence-electron chi connectivity index (χ2n) is 4.96. The lowest BCUT2D eigenvalue weighted by molar-refractivity contribution is -0.153. The van der Waals surface area contributed by atoms with Gasteiger partial charge in [-0.15, -0.1) is 0 Å². The zero-order valence-corrected chi connectivity index (χ0v) is 9.06. The summed E-state index contributed by atoms with van der Waals surface area (Å²) in [6.45, 7) is 3.61. The highest BCUT2D eigenvalue weighted by molar-refractivity contribution is 5.31. The van der Waals surface area contributed by atoms with Crippen LogP contribution in [0, 0.1) is 5.41 Å². The van der Waals surface area contributed by atoms with Crippen molar-refractivity contribution < 1.29 is 22.7 Å². The van der Waals surface area contributed by atoms with Crippen molar-refractivity contribution in [3.8, 4) is 0 Å². The highest BCUT2D eigenvalue weighted by Crippen LogP contribution is 2.64. The Kier molecular flexibility index (Phi) is 2.18. The van der Waals surface area contributed by atoms with Gasteiger partial charge in [-0.05, 0) is 24.0 Å². The zero-order chi connectivity index (χ0) is 12.2. The summed E-state index contributed by atoms with van der Waals surface area (Å²) in [7, 11) is 0. The molecule has 1 fully saturated rings. The first-order chi connectivity index (χ1) is 7.23. The lowest BCUT2D eigenvalue weighted by Crippen LogP contribution is -2.18. The van der Waals surface area contributed by atoms with Crippen LogP contribution in [0.2, 0.25) is 0 Å². The maximum atomic E-state index is 12.4. The Balaban J connectivity index is 2.33. The number of hydrogen-bond donors (Lipinski definition) is 1. The van der Waals surface area contributed by atoms with Gasteiger partial charge in [0, 0.05) is 0 Å². The predicted molar refractivity (Wildman–Crippen MR) is 50.9 cm³/mol. The second kappa shape index (κ2) is 3.03. The van der Waals surface area contributed by atoms with Gasteiger partial charge in [0.1, 0.15) is 5.76 Å². The van der Waals surface area contributed by atoms with E-state index in [1.54, 1.807) is 0 Å². The summed E-state index contributed by atoms with van der Waals surface area (Å²) < 4.78 is 41.9. The van der Waals surface area contributed by atoms with Crippen LogP contribution in [0.1, 0.15) is 31.8 Å². The number of halogens is 3. The third-order valence-electron chi connectivity index (χ3n) is 3.54. The minimum atomic E-state index is -4.46. The molecule has 1 saturated carbocycles. The van der Waals surface area contributed by atoms with Crippen molar-refractivity contribution in [2.75, 3.05) is 6.61 Å². The molecule has 90 valence electrons. The molecule has 16 heavy (non-hydrogen) atoms. The average molecular weight is 234 g/mol. The van der Waals surface area contributed by atoms with Gasteiger partial charge < -0.3 is 9.52 Å². The van der Waals surface area contributed by atoms with Crippen LogP contribution < -0.4 is 0 Å². The van der Waals surface area contributed by atoms with Crippen LogP contribution in [0.25, 0.3) is 0 Å². The number of alkyl halides is 3. The minimum absolute atomic E-state index is 0.190. The van der Waals surface area contributed by atoms with Crippen LogP contribution in [0.5, 0.6) is 0 Å². The molecule has 1 aromatic rings. The first-order valence-electron chi connectivity index (χ1n) is 5.01. The minimum Gasteiger partial charge on any atom is -0.456 e. The normalized spacial score (nSPS) is 28.1. The van der Waals surface area contributed by atoms with E-state index in [4.69, 9.17) is 4.42 Å². The summed E-state index contributed by atoms with van der Waals surface area (Å²) in [4.78, 5) is 0. The van der Waals surface area contributed by atoms with E-state index in [0.717, 1.165) is 6.07 Å². The van der Waals surface area contributed by atoms with Gasteiger partial charge in [-0.1, -0.05) is 13.8 Å². The van der Waals surface area contributed by atoms with Crippen LogP contribution in [-0.4, -0.2) is 11.7 Å². The van der Waals surface area contributed by atoms with E-state index < -0.39 is 17.4 Å². The molecule has 0 saturated heterocycles. The Morgan fingerprint density at radius 2 is 1.94 bits per heavy atom. The SMILES string of the molecule is CC1(C)CC1(CO)c1ccc(C(F)(F)F)o1. The van der Waals surface area contributed by atoms with Gasteiger partial charge in [0.05, 0.1) is 12.0 Å². The maximum Gasteiger partial charge on any atom is 0.449 e. The Labute approximate surface area is 91.1 Å². The van der Waals surface area contributed by atoms with E-state index in [9.17, 15) is 18.3 Å². The molecule has 0 spiro atoms. The van der Waals surface area contributed by atoms with Gasteiger partial charge in [-0.2, -0.15) is 13.2 Å². The summed E-state index contributed by atoms with van der Waals surface area (Å²) in [6.07, 6.45) is -3.82. The molecule has 1 heterocycles. The topological polar surface area (TPSA) is 33.4 Å². The quantitative estimate of drug-likeness (QED) is 0.853. The molecule has 1 atom stereocenters. The highest BCUT2D eigenvalue weighted by atomic mass is 19.4. The molecule has 1 unspecified atom stereocenters. The van der Waals surface area contributed by atoms with Crippen molar-refractivity contribution in [3.05, 3.63) is 23.7 Å². The number of aliphatic hydroxyl groups is 1. The summed E-state index contributed by atoms with van der Waals surface area (Å²) in [5, 5.41) is 9.32. The van der Waals surface area contributed by atoms with Crippen molar-refractivity contribution in [1.29, 1.82) is 0 Å². The molecule has 5 heteroatoms. The van der Waals surface area contributed by atoms with Gasteiger partial charge in [0.2, 0.25) is 5.76 Å². The smallest absolute Gasteiger partial charge is 0.449 e. The van der Waals surface area contributed by atoms with E-state index in [2.05, 4.69) is 0 Å². The summed E-state index contributed by atoms with van der Waals surface area (Å²) in [6, 6.07) is 2.23. The fourth-order valence-corrected chi connectivity index (χ4v) is 2.23. The van der Waals surface area contributed by atoms with Gasteiger partial charge >= 0.3 is 6.18 Å². The fraction of sp³-hybridized carbons (Fsp3) is 0.636. The van der Waals surface area contributed by atoms with E-state index in [1.165, 1.54) is 6.07 Å². The first kappa shape index (κ1) is 11.5. The fourth-order valence-electron chi connectivity index (χ4n) is 2.23. The van der Waals surface area contributed by atoms with Crippen molar-refractivity contribution in [1.82, 2.24) is 0 Å². The first-order valence-corrected chi connectivity index (χ1v) is 5.01. The monoisotopic (exact) mass is 234 g/mol. The van der Waals surface area contributed by atoms with E-state index in [0.29, 0.717) is 6.42 Å². The molecular formula is C11H13F3O2. The zero-order valence-electron chi connectivity index (χ0n) is 9.06. The Morgan fingerprint density at radius 1 is 1.38 bits per heavy atom. The average Bonchev–Trinajstić information content (AvgIpc) is 2.59. The van der Waals surface area contributed by atoms with Crippen LogP contribution in [0.3, 0.4) is 0 Å². The molecule has 0 aromatic carbocycles. The lowest BCUT2D eigenvalue weighted by Gasteiger charge is -2.14. The Bertz CT molecular complexity index is 406. The number of hydrogen-bond acceptors (Lipinski definition) is 2. The van der Waals surface area contributed by atoms with Crippen molar-refractivity contribution in [3.63, 3.8) is 0 Å². The second-order valence-corrected chi connectivity index (χ2v) is 4.96. The largest absolute Gasteiger partial charge is 0.456 e. The van der Waals surface area contributed by atoms with Crippen molar-refractivity contribution in [2.24, 2.45) is 5.41 Å². The number of aliphatic hydroxyl groups excluding tert-OH is 1. The molecule has 1 aromatic heterocycles. The van der Waals surface area contributed by atoms with Crippen LogP contribution >= 0.6 is 0 Å². The molecule has 1 aliphatic carbocycles. The van der Waals surface area contributed by atoms with Crippen LogP contribution in [0.15, 0.2) is 16.5 Å². The molecule has 0 amide bonds. The van der Waals surface area contributed by atoms with E-state index in [-0.39, 0.29) is 17.8 Å². The third-order valence-corrected chi connectivity index (χ3v) is 3.54. The molecule has 1 aliphatic rings. The van der Waals surface area contributed by atoms with Gasteiger partial charge in [0.25, 0.3) is 0 Å². The Morgan fingerprint density at radius 3 is 2.25 bits per heavy atom. The van der Waals surface area contributed by atoms with Crippen molar-refractivity contribution >= 4 is 0 Å². The molecule has 0 bridgehead atoms. The van der Waals surface area contributed by atoms with Gasteiger partial charge in [-0.3, -0.25) is 0 Å². The predicted octanol–water partition coefficient (Wildman–Crippen LogP) is 2.96. The van der Waals surface area contributed by atoms with E-state index >= 15 is 0 Å². The van der Waals surface area contributed by atoms with Gasteiger partial charge in [-0.25, -0.2) is 0 Å². The van der Waals surface area contributed by atoms with Crippen LogP contribution in [-0.2, 0) is 11.6 Å².